The average molecular weight is 344 g/mol. The second-order valence-corrected chi connectivity index (χ2v) is 6.82. The Bertz CT molecular complexity index is 841. The van der Waals surface area contributed by atoms with Crippen molar-refractivity contribution >= 4 is 5.82 Å². The van der Waals surface area contributed by atoms with Crippen LogP contribution in [0.15, 0.2) is 66.9 Å². The maximum Gasteiger partial charge on any atom is 0.147 e. The van der Waals surface area contributed by atoms with Crippen molar-refractivity contribution in [2.24, 2.45) is 11.7 Å². The normalized spacial score (nSPS) is 15.2. The van der Waals surface area contributed by atoms with Gasteiger partial charge in [-0.2, -0.15) is 0 Å². The number of aromatic nitrogens is 2. The van der Waals surface area contributed by atoms with Crippen LogP contribution in [-0.4, -0.2) is 29.6 Å². The molecular formula is C22H24N4. The molecule has 2 aromatic carbocycles. The zero-order chi connectivity index (χ0) is 17.8. The minimum absolute atomic E-state index is 0.636. The first-order valence-corrected chi connectivity index (χ1v) is 9.28. The number of rotatable bonds is 4. The van der Waals surface area contributed by atoms with Gasteiger partial charge in [-0.15, -0.1) is 0 Å². The molecule has 0 amide bonds. The Morgan fingerprint density at radius 2 is 1.42 bits per heavy atom. The van der Waals surface area contributed by atoms with E-state index in [0.29, 0.717) is 5.92 Å². The topological polar surface area (TPSA) is 55.0 Å². The van der Waals surface area contributed by atoms with Gasteiger partial charge in [-0.05, 0) is 25.3 Å². The van der Waals surface area contributed by atoms with E-state index in [2.05, 4.69) is 29.2 Å². The van der Waals surface area contributed by atoms with E-state index in [9.17, 15) is 0 Å². The van der Waals surface area contributed by atoms with Crippen molar-refractivity contribution in [3.05, 3.63) is 66.9 Å². The fourth-order valence-corrected chi connectivity index (χ4v) is 3.53. The highest BCUT2D eigenvalue weighted by atomic mass is 15.2. The number of hydrogen-bond acceptors (Lipinski definition) is 4. The van der Waals surface area contributed by atoms with Crippen molar-refractivity contribution in [2.75, 3.05) is 24.5 Å². The maximum absolute atomic E-state index is 5.83. The molecule has 2 N–H and O–H groups in total. The van der Waals surface area contributed by atoms with Crippen molar-refractivity contribution in [2.45, 2.75) is 12.8 Å². The fourth-order valence-electron chi connectivity index (χ4n) is 3.53. The van der Waals surface area contributed by atoms with Crippen LogP contribution in [0.25, 0.3) is 22.5 Å². The van der Waals surface area contributed by atoms with Gasteiger partial charge in [0.15, 0.2) is 0 Å². The van der Waals surface area contributed by atoms with Gasteiger partial charge in [-0.25, -0.2) is 4.98 Å². The average Bonchev–Trinajstić information content (AvgIpc) is 2.75. The van der Waals surface area contributed by atoms with Crippen LogP contribution >= 0.6 is 0 Å². The number of piperidine rings is 1. The van der Waals surface area contributed by atoms with Crippen molar-refractivity contribution in [3.63, 3.8) is 0 Å². The van der Waals surface area contributed by atoms with E-state index in [1.807, 2.05) is 42.6 Å². The minimum Gasteiger partial charge on any atom is -0.355 e. The summed E-state index contributed by atoms with van der Waals surface area (Å²) >= 11 is 0. The molecule has 2 heterocycles. The Balaban J connectivity index is 1.73. The summed E-state index contributed by atoms with van der Waals surface area (Å²) in [6.07, 6.45) is 4.16. The summed E-state index contributed by atoms with van der Waals surface area (Å²) in [6.45, 7) is 2.77. The number of hydrogen-bond donors (Lipinski definition) is 1. The molecule has 0 atom stereocenters. The lowest BCUT2D eigenvalue weighted by Crippen LogP contribution is -2.36. The molecule has 0 saturated carbocycles. The van der Waals surface area contributed by atoms with E-state index in [-0.39, 0.29) is 0 Å². The predicted molar refractivity (Wildman–Crippen MR) is 107 cm³/mol. The highest BCUT2D eigenvalue weighted by Crippen LogP contribution is 2.31. The van der Waals surface area contributed by atoms with Gasteiger partial charge in [0.2, 0.25) is 0 Å². The Morgan fingerprint density at radius 1 is 0.846 bits per heavy atom. The van der Waals surface area contributed by atoms with E-state index in [1.54, 1.807) is 0 Å². The van der Waals surface area contributed by atoms with Gasteiger partial charge in [-0.1, -0.05) is 60.7 Å². The van der Waals surface area contributed by atoms with Crippen LogP contribution in [0.2, 0.25) is 0 Å². The summed E-state index contributed by atoms with van der Waals surface area (Å²) in [5, 5.41) is 0. The van der Waals surface area contributed by atoms with Crippen LogP contribution in [0.5, 0.6) is 0 Å². The van der Waals surface area contributed by atoms with Crippen molar-refractivity contribution in [1.82, 2.24) is 9.97 Å². The summed E-state index contributed by atoms with van der Waals surface area (Å²) in [5.41, 5.74) is 9.88. The van der Waals surface area contributed by atoms with E-state index in [1.165, 1.54) is 0 Å². The summed E-state index contributed by atoms with van der Waals surface area (Å²) in [5.74, 6) is 1.59. The van der Waals surface area contributed by atoms with Gasteiger partial charge in [-0.3, -0.25) is 4.98 Å². The fraction of sp³-hybridized carbons (Fsp3) is 0.273. The zero-order valence-electron chi connectivity index (χ0n) is 14.9. The largest absolute Gasteiger partial charge is 0.355 e. The minimum atomic E-state index is 0.636. The second kappa shape index (κ2) is 7.67. The predicted octanol–water partition coefficient (Wildman–Crippen LogP) is 3.99. The molecule has 26 heavy (non-hydrogen) atoms. The van der Waals surface area contributed by atoms with Crippen molar-refractivity contribution in [1.29, 1.82) is 0 Å². The number of benzene rings is 2. The molecule has 1 aliphatic heterocycles. The molecule has 0 radical (unpaired) electrons. The highest BCUT2D eigenvalue weighted by Gasteiger charge is 2.21. The first-order chi connectivity index (χ1) is 12.8. The molecule has 1 fully saturated rings. The lowest BCUT2D eigenvalue weighted by Gasteiger charge is -2.32. The molecular weight excluding hydrogens is 320 g/mol. The van der Waals surface area contributed by atoms with Crippen molar-refractivity contribution in [3.8, 4) is 22.5 Å². The molecule has 0 aliphatic carbocycles. The first kappa shape index (κ1) is 16.7. The van der Waals surface area contributed by atoms with E-state index >= 15 is 0 Å². The summed E-state index contributed by atoms with van der Waals surface area (Å²) in [4.78, 5) is 12.2. The third kappa shape index (κ3) is 3.46. The lowest BCUT2D eigenvalue weighted by atomic mass is 9.97. The Morgan fingerprint density at radius 3 is 2.00 bits per heavy atom. The molecule has 1 aromatic heterocycles. The molecule has 4 rings (SSSR count). The molecule has 0 unspecified atom stereocenters. The molecule has 0 bridgehead atoms. The molecule has 0 spiro atoms. The van der Waals surface area contributed by atoms with Gasteiger partial charge >= 0.3 is 0 Å². The van der Waals surface area contributed by atoms with Crippen LogP contribution in [0.4, 0.5) is 5.82 Å². The van der Waals surface area contributed by atoms with Crippen LogP contribution < -0.4 is 10.6 Å². The monoisotopic (exact) mass is 344 g/mol. The number of anilines is 1. The van der Waals surface area contributed by atoms with Gasteiger partial charge in [0.05, 0.1) is 17.6 Å². The highest BCUT2D eigenvalue weighted by molar-refractivity contribution is 5.78. The van der Waals surface area contributed by atoms with E-state index in [4.69, 9.17) is 15.7 Å². The number of nitrogens with two attached hydrogens (primary N) is 1. The smallest absolute Gasteiger partial charge is 0.147 e. The van der Waals surface area contributed by atoms with Crippen LogP contribution in [0.1, 0.15) is 12.8 Å². The van der Waals surface area contributed by atoms with Gasteiger partial charge in [0, 0.05) is 24.2 Å². The van der Waals surface area contributed by atoms with Gasteiger partial charge in [0.25, 0.3) is 0 Å². The summed E-state index contributed by atoms with van der Waals surface area (Å²) in [7, 11) is 0. The van der Waals surface area contributed by atoms with Gasteiger partial charge < -0.3 is 10.6 Å². The maximum atomic E-state index is 5.83. The third-order valence-electron chi connectivity index (χ3n) is 5.13. The molecule has 132 valence electrons. The molecule has 1 saturated heterocycles. The number of nitrogens with zero attached hydrogens (tertiary/aromatic N) is 3. The molecule has 4 nitrogen and oxygen atoms in total. The molecule has 1 aliphatic rings. The second-order valence-electron chi connectivity index (χ2n) is 6.82. The summed E-state index contributed by atoms with van der Waals surface area (Å²) in [6, 6.07) is 20.6. The third-order valence-corrected chi connectivity index (χ3v) is 5.13. The van der Waals surface area contributed by atoms with Crippen LogP contribution in [0.3, 0.4) is 0 Å². The van der Waals surface area contributed by atoms with E-state index in [0.717, 1.165) is 60.8 Å². The summed E-state index contributed by atoms with van der Waals surface area (Å²) < 4.78 is 0. The Kier molecular flexibility index (Phi) is 4.93. The van der Waals surface area contributed by atoms with Crippen LogP contribution in [-0.2, 0) is 0 Å². The zero-order valence-corrected chi connectivity index (χ0v) is 14.9. The van der Waals surface area contributed by atoms with Crippen molar-refractivity contribution < 1.29 is 0 Å². The SMILES string of the molecule is NCC1CCN(c2cnc(-c3ccccc3)c(-c3ccccc3)n2)CC1. The Hall–Kier alpha value is -2.72. The Labute approximate surface area is 154 Å². The van der Waals surface area contributed by atoms with E-state index < -0.39 is 0 Å². The quantitative estimate of drug-likeness (QED) is 0.778. The standard InChI is InChI=1S/C22H24N4/c23-15-17-11-13-26(14-12-17)20-16-24-21(18-7-3-1-4-8-18)22(25-20)19-9-5-2-6-10-19/h1-10,16-17H,11-15,23H2. The molecule has 4 heteroatoms. The van der Waals surface area contributed by atoms with Gasteiger partial charge in [0.1, 0.15) is 5.82 Å². The molecule has 3 aromatic rings. The van der Waals surface area contributed by atoms with Crippen LogP contribution in [0, 0.1) is 5.92 Å². The lowest BCUT2D eigenvalue weighted by molar-refractivity contribution is 0.413. The first-order valence-electron chi connectivity index (χ1n) is 9.28.